The van der Waals surface area contributed by atoms with Gasteiger partial charge in [-0.05, 0) is 26.0 Å². The molecule has 7 heteroatoms. The van der Waals surface area contributed by atoms with Crippen LogP contribution in [0.4, 0.5) is 4.39 Å². The monoisotopic (exact) mass is 285 g/mol. The molecule has 0 bridgehead atoms. The first-order valence-electron chi connectivity index (χ1n) is 5.22. The Kier molecular flexibility index (Phi) is 4.64. The van der Waals surface area contributed by atoms with Crippen molar-refractivity contribution in [1.82, 2.24) is 4.72 Å². The number of carboxylic acid groups (broad SMARTS) is 1. The molecule has 1 aromatic rings. The maximum absolute atomic E-state index is 13.5. The average molecular weight is 285 g/mol. The summed E-state index contributed by atoms with van der Waals surface area (Å²) in [5.74, 6) is 2.71. The Hall–Kier alpha value is -1.91. The fourth-order valence-corrected chi connectivity index (χ4v) is 2.55. The topological polar surface area (TPSA) is 83.5 Å². The Morgan fingerprint density at radius 3 is 2.63 bits per heavy atom. The molecule has 0 fully saturated rings. The van der Waals surface area contributed by atoms with Crippen LogP contribution in [0.15, 0.2) is 17.0 Å². The van der Waals surface area contributed by atoms with Crippen molar-refractivity contribution in [2.45, 2.75) is 18.7 Å². The Morgan fingerprint density at radius 2 is 2.11 bits per heavy atom. The molecule has 0 amide bonds. The van der Waals surface area contributed by atoms with Crippen molar-refractivity contribution in [1.29, 1.82) is 0 Å². The summed E-state index contributed by atoms with van der Waals surface area (Å²) in [6.45, 7) is 2.68. The molecule has 2 N–H and O–H groups in total. The van der Waals surface area contributed by atoms with Gasteiger partial charge in [0.05, 0.1) is 17.0 Å². The summed E-state index contributed by atoms with van der Waals surface area (Å²) >= 11 is 0. The van der Waals surface area contributed by atoms with Gasteiger partial charge < -0.3 is 5.11 Å². The molecular formula is C12H12FNO4S. The number of nitrogens with one attached hydrogen (secondary N) is 1. The third-order valence-corrected chi connectivity index (χ3v) is 3.89. The first-order chi connectivity index (χ1) is 8.79. The van der Waals surface area contributed by atoms with E-state index in [1.807, 2.05) is 0 Å². The lowest BCUT2D eigenvalue weighted by molar-refractivity contribution is 0.0696. The van der Waals surface area contributed by atoms with Crippen LogP contribution >= 0.6 is 0 Å². The van der Waals surface area contributed by atoms with E-state index in [1.54, 1.807) is 6.92 Å². The molecule has 0 aliphatic carbocycles. The van der Waals surface area contributed by atoms with Crippen molar-refractivity contribution in [2.24, 2.45) is 0 Å². The number of benzene rings is 1. The van der Waals surface area contributed by atoms with Gasteiger partial charge in [0, 0.05) is 5.56 Å². The highest BCUT2D eigenvalue weighted by Crippen LogP contribution is 2.20. The standard InChI is InChI=1S/C12H12FNO4S/c1-3-4-5-14-19(17,18)11-7-9(12(15)16)6-10(13)8(11)2/h6-7,14H,5H2,1-2H3,(H,15,16). The fraction of sp³-hybridized carbons (Fsp3) is 0.250. The second-order valence-corrected chi connectivity index (χ2v) is 5.37. The van der Waals surface area contributed by atoms with Gasteiger partial charge in [-0.3, -0.25) is 0 Å². The van der Waals surface area contributed by atoms with Crippen molar-refractivity contribution < 1.29 is 22.7 Å². The lowest BCUT2D eigenvalue weighted by Gasteiger charge is -2.09. The molecule has 0 saturated carbocycles. The first kappa shape index (κ1) is 15.1. The fourth-order valence-electron chi connectivity index (χ4n) is 1.35. The number of sulfonamides is 1. The van der Waals surface area contributed by atoms with Gasteiger partial charge in [0.1, 0.15) is 5.82 Å². The van der Waals surface area contributed by atoms with E-state index in [4.69, 9.17) is 5.11 Å². The molecule has 0 aliphatic rings. The van der Waals surface area contributed by atoms with Crippen molar-refractivity contribution in [3.63, 3.8) is 0 Å². The summed E-state index contributed by atoms with van der Waals surface area (Å²) in [6, 6.07) is 1.70. The largest absolute Gasteiger partial charge is 0.478 e. The highest BCUT2D eigenvalue weighted by atomic mass is 32.2. The number of halogens is 1. The van der Waals surface area contributed by atoms with Gasteiger partial charge in [0.2, 0.25) is 10.0 Å². The van der Waals surface area contributed by atoms with Gasteiger partial charge in [-0.2, -0.15) is 4.72 Å². The van der Waals surface area contributed by atoms with Crippen LogP contribution in [0, 0.1) is 24.6 Å². The summed E-state index contributed by atoms with van der Waals surface area (Å²) in [4.78, 5) is 10.4. The normalized spacial score (nSPS) is 10.7. The SMILES string of the molecule is CC#CCNS(=O)(=O)c1cc(C(=O)O)cc(F)c1C. The van der Waals surface area contributed by atoms with E-state index in [1.165, 1.54) is 6.92 Å². The van der Waals surface area contributed by atoms with Crippen LogP contribution in [-0.4, -0.2) is 26.0 Å². The first-order valence-corrected chi connectivity index (χ1v) is 6.70. The van der Waals surface area contributed by atoms with Crippen LogP contribution in [0.3, 0.4) is 0 Å². The zero-order valence-electron chi connectivity index (χ0n) is 10.3. The zero-order valence-corrected chi connectivity index (χ0v) is 11.1. The Balaban J connectivity index is 3.31. The lowest BCUT2D eigenvalue weighted by atomic mass is 10.1. The summed E-state index contributed by atoms with van der Waals surface area (Å²) < 4.78 is 39.5. The van der Waals surface area contributed by atoms with E-state index in [0.29, 0.717) is 0 Å². The smallest absolute Gasteiger partial charge is 0.335 e. The molecule has 102 valence electrons. The molecule has 0 aromatic heterocycles. The molecule has 1 rings (SSSR count). The van der Waals surface area contributed by atoms with E-state index in [0.717, 1.165) is 12.1 Å². The average Bonchev–Trinajstić information content (AvgIpc) is 2.32. The van der Waals surface area contributed by atoms with Crippen LogP contribution in [0.1, 0.15) is 22.8 Å². The van der Waals surface area contributed by atoms with E-state index in [2.05, 4.69) is 16.6 Å². The van der Waals surface area contributed by atoms with E-state index < -0.39 is 32.3 Å². The quantitative estimate of drug-likeness (QED) is 0.812. The minimum absolute atomic E-state index is 0.128. The third-order valence-electron chi connectivity index (χ3n) is 2.36. The predicted molar refractivity (Wildman–Crippen MR) is 66.7 cm³/mol. The maximum Gasteiger partial charge on any atom is 0.335 e. The Bertz CT molecular complexity index is 671. The van der Waals surface area contributed by atoms with Crippen LogP contribution in [-0.2, 0) is 10.0 Å². The number of rotatable bonds is 4. The zero-order chi connectivity index (χ0) is 14.6. The van der Waals surface area contributed by atoms with E-state index >= 15 is 0 Å². The summed E-state index contributed by atoms with van der Waals surface area (Å²) in [5, 5.41) is 8.80. The van der Waals surface area contributed by atoms with Crippen molar-refractivity contribution in [2.75, 3.05) is 6.54 Å². The molecule has 0 radical (unpaired) electrons. The second-order valence-electron chi connectivity index (χ2n) is 3.64. The van der Waals surface area contributed by atoms with Crippen LogP contribution < -0.4 is 4.72 Å². The minimum Gasteiger partial charge on any atom is -0.478 e. The molecule has 1 aromatic carbocycles. The van der Waals surface area contributed by atoms with Gasteiger partial charge in [-0.1, -0.05) is 5.92 Å². The van der Waals surface area contributed by atoms with Gasteiger partial charge in [-0.15, -0.1) is 5.92 Å². The molecule has 0 aliphatic heterocycles. The Labute approximate surface area is 110 Å². The summed E-state index contributed by atoms with van der Waals surface area (Å²) in [6.07, 6.45) is 0. The van der Waals surface area contributed by atoms with Crippen LogP contribution in [0.25, 0.3) is 0 Å². The summed E-state index contributed by atoms with van der Waals surface area (Å²) in [5.41, 5.74) is -0.563. The lowest BCUT2D eigenvalue weighted by Crippen LogP contribution is -2.25. The summed E-state index contributed by atoms with van der Waals surface area (Å²) in [7, 11) is -4.00. The molecule has 19 heavy (non-hydrogen) atoms. The minimum atomic E-state index is -4.00. The number of hydrogen-bond acceptors (Lipinski definition) is 3. The second kappa shape index (κ2) is 5.82. The highest BCUT2D eigenvalue weighted by Gasteiger charge is 2.21. The van der Waals surface area contributed by atoms with Gasteiger partial charge in [0.15, 0.2) is 0 Å². The van der Waals surface area contributed by atoms with Gasteiger partial charge >= 0.3 is 5.97 Å². The predicted octanol–water partition coefficient (Wildman–Crippen LogP) is 1.13. The number of carbonyl (C=O) groups is 1. The number of aromatic carboxylic acids is 1. The number of carboxylic acids is 1. The molecule has 0 spiro atoms. The van der Waals surface area contributed by atoms with Crippen molar-refractivity contribution in [3.8, 4) is 11.8 Å². The Morgan fingerprint density at radius 1 is 1.47 bits per heavy atom. The highest BCUT2D eigenvalue weighted by molar-refractivity contribution is 7.89. The molecule has 0 atom stereocenters. The number of hydrogen-bond donors (Lipinski definition) is 2. The van der Waals surface area contributed by atoms with E-state index in [-0.39, 0.29) is 12.1 Å². The maximum atomic E-state index is 13.5. The van der Waals surface area contributed by atoms with Gasteiger partial charge in [0.25, 0.3) is 0 Å². The molecule has 5 nitrogen and oxygen atoms in total. The third kappa shape index (κ3) is 3.53. The van der Waals surface area contributed by atoms with Gasteiger partial charge in [-0.25, -0.2) is 17.6 Å². The van der Waals surface area contributed by atoms with Crippen LogP contribution in [0.5, 0.6) is 0 Å². The van der Waals surface area contributed by atoms with Crippen molar-refractivity contribution in [3.05, 3.63) is 29.1 Å². The molecule has 0 unspecified atom stereocenters. The molecular weight excluding hydrogens is 273 g/mol. The molecule has 0 saturated heterocycles. The van der Waals surface area contributed by atoms with Crippen LogP contribution in [0.2, 0.25) is 0 Å². The van der Waals surface area contributed by atoms with E-state index in [9.17, 15) is 17.6 Å². The van der Waals surface area contributed by atoms with Crippen molar-refractivity contribution >= 4 is 16.0 Å². The molecule has 0 heterocycles.